The fourth-order valence-electron chi connectivity index (χ4n) is 1.74. The monoisotopic (exact) mass is 271 g/mol. The summed E-state index contributed by atoms with van der Waals surface area (Å²) in [6.07, 6.45) is 3.61. The number of sulfone groups is 1. The fraction of sp³-hybridized carbons (Fsp3) is 0.583. The third-order valence-electron chi connectivity index (χ3n) is 2.48. The number of hydrogen-bond donors (Lipinski definition) is 2. The number of rotatable bonds is 6. The lowest BCUT2D eigenvalue weighted by molar-refractivity contribution is 0.507. The average molecular weight is 271 g/mol. The van der Waals surface area contributed by atoms with Gasteiger partial charge in [-0.1, -0.05) is 13.8 Å². The van der Waals surface area contributed by atoms with E-state index >= 15 is 0 Å². The molecule has 0 aromatic carbocycles. The summed E-state index contributed by atoms with van der Waals surface area (Å²) in [4.78, 5) is 4.26. The van der Waals surface area contributed by atoms with Crippen molar-refractivity contribution >= 4 is 15.7 Å². The summed E-state index contributed by atoms with van der Waals surface area (Å²) in [6.45, 7) is 4.71. The lowest BCUT2D eigenvalue weighted by atomic mass is 10.0. The van der Waals surface area contributed by atoms with Gasteiger partial charge in [-0.2, -0.15) is 0 Å². The highest BCUT2D eigenvalue weighted by Crippen LogP contribution is 2.17. The summed E-state index contributed by atoms with van der Waals surface area (Å²) in [5.41, 5.74) is 5.94. The van der Waals surface area contributed by atoms with Crippen molar-refractivity contribution in [1.29, 1.82) is 0 Å². The Bertz CT molecular complexity index is 486. The van der Waals surface area contributed by atoms with Crippen molar-refractivity contribution in [3.63, 3.8) is 0 Å². The van der Waals surface area contributed by atoms with E-state index in [-0.39, 0.29) is 10.9 Å². The van der Waals surface area contributed by atoms with Gasteiger partial charge in [0.1, 0.15) is 10.7 Å². The Kier molecular flexibility index (Phi) is 5.10. The van der Waals surface area contributed by atoms with E-state index in [1.165, 1.54) is 6.26 Å². The molecule has 3 N–H and O–H groups in total. The zero-order valence-electron chi connectivity index (χ0n) is 11.1. The van der Waals surface area contributed by atoms with E-state index in [0.717, 1.165) is 6.42 Å². The molecule has 0 spiro atoms. The van der Waals surface area contributed by atoms with Crippen LogP contribution in [0.3, 0.4) is 0 Å². The van der Waals surface area contributed by atoms with Gasteiger partial charge in [-0.05, 0) is 24.5 Å². The SMILES string of the molecule is CC(C)CC(N)CNc1ncccc1S(C)(=O)=O. The normalized spacial score (nSPS) is 13.6. The Hall–Kier alpha value is -1.14. The fourth-order valence-corrected chi connectivity index (χ4v) is 2.54. The predicted octanol–water partition coefficient (Wildman–Crippen LogP) is 1.27. The Morgan fingerprint density at radius 1 is 1.44 bits per heavy atom. The van der Waals surface area contributed by atoms with Crippen molar-refractivity contribution in [3.8, 4) is 0 Å². The summed E-state index contributed by atoms with van der Waals surface area (Å²) >= 11 is 0. The summed E-state index contributed by atoms with van der Waals surface area (Å²) in [5.74, 6) is 0.888. The first kappa shape index (κ1) is 14.9. The molecule has 0 aliphatic carbocycles. The number of aromatic nitrogens is 1. The number of anilines is 1. The first-order valence-electron chi connectivity index (χ1n) is 5.95. The third kappa shape index (κ3) is 4.62. The van der Waals surface area contributed by atoms with Crippen LogP contribution >= 0.6 is 0 Å². The molecule has 0 bridgehead atoms. The number of pyridine rings is 1. The Labute approximate surface area is 109 Å². The lowest BCUT2D eigenvalue weighted by Gasteiger charge is -2.16. The van der Waals surface area contributed by atoms with E-state index in [0.29, 0.717) is 18.3 Å². The van der Waals surface area contributed by atoms with Gasteiger partial charge in [0.15, 0.2) is 9.84 Å². The standard InChI is InChI=1S/C12H21N3O2S/c1-9(2)7-10(13)8-15-12-11(18(3,16)17)5-4-6-14-12/h4-6,9-10H,7-8,13H2,1-3H3,(H,14,15). The van der Waals surface area contributed by atoms with Crippen molar-refractivity contribution in [3.05, 3.63) is 18.3 Å². The predicted molar refractivity (Wildman–Crippen MR) is 73.3 cm³/mol. The molecule has 0 aliphatic rings. The Balaban J connectivity index is 2.74. The van der Waals surface area contributed by atoms with E-state index < -0.39 is 9.84 Å². The molecule has 1 aromatic rings. The minimum atomic E-state index is -3.27. The highest BCUT2D eigenvalue weighted by atomic mass is 32.2. The highest BCUT2D eigenvalue weighted by Gasteiger charge is 2.14. The lowest BCUT2D eigenvalue weighted by Crippen LogP contribution is -2.31. The van der Waals surface area contributed by atoms with Crippen molar-refractivity contribution in [2.45, 2.75) is 31.2 Å². The first-order valence-corrected chi connectivity index (χ1v) is 7.84. The summed E-state index contributed by atoms with van der Waals surface area (Å²) < 4.78 is 23.1. The molecule has 0 amide bonds. The van der Waals surface area contributed by atoms with Crippen LogP contribution in [0.25, 0.3) is 0 Å². The van der Waals surface area contributed by atoms with E-state index in [1.54, 1.807) is 18.3 Å². The molecule has 1 rings (SSSR count). The van der Waals surface area contributed by atoms with Crippen molar-refractivity contribution < 1.29 is 8.42 Å². The van der Waals surface area contributed by atoms with Crippen molar-refractivity contribution in [2.75, 3.05) is 18.1 Å². The van der Waals surface area contributed by atoms with Gasteiger partial charge in [0, 0.05) is 25.0 Å². The number of hydrogen-bond acceptors (Lipinski definition) is 5. The molecule has 5 nitrogen and oxygen atoms in total. The quantitative estimate of drug-likeness (QED) is 0.814. The Morgan fingerprint density at radius 2 is 2.11 bits per heavy atom. The van der Waals surface area contributed by atoms with Crippen LogP contribution < -0.4 is 11.1 Å². The van der Waals surface area contributed by atoms with Gasteiger partial charge in [0.2, 0.25) is 0 Å². The van der Waals surface area contributed by atoms with E-state index in [1.807, 2.05) is 0 Å². The van der Waals surface area contributed by atoms with Gasteiger partial charge >= 0.3 is 0 Å². The van der Waals surface area contributed by atoms with Crippen LogP contribution in [-0.4, -0.2) is 32.2 Å². The first-order chi connectivity index (χ1) is 8.30. The minimum Gasteiger partial charge on any atom is -0.367 e. The van der Waals surface area contributed by atoms with E-state index in [2.05, 4.69) is 24.1 Å². The van der Waals surface area contributed by atoms with Crippen LogP contribution in [0.2, 0.25) is 0 Å². The van der Waals surface area contributed by atoms with Crippen LogP contribution in [-0.2, 0) is 9.84 Å². The van der Waals surface area contributed by atoms with Gasteiger partial charge < -0.3 is 11.1 Å². The zero-order chi connectivity index (χ0) is 13.8. The molecule has 18 heavy (non-hydrogen) atoms. The second-order valence-electron chi connectivity index (χ2n) is 4.89. The Morgan fingerprint density at radius 3 is 2.67 bits per heavy atom. The topological polar surface area (TPSA) is 85.1 Å². The minimum absolute atomic E-state index is 0.0144. The molecule has 0 aliphatic heterocycles. The average Bonchev–Trinajstić information content (AvgIpc) is 2.24. The van der Waals surface area contributed by atoms with E-state index in [9.17, 15) is 8.42 Å². The van der Waals surface area contributed by atoms with Gasteiger partial charge in [0.25, 0.3) is 0 Å². The van der Waals surface area contributed by atoms with Gasteiger partial charge in [-0.25, -0.2) is 13.4 Å². The number of nitrogens with one attached hydrogen (secondary N) is 1. The molecule has 1 atom stereocenters. The van der Waals surface area contributed by atoms with Crippen LogP contribution in [0.1, 0.15) is 20.3 Å². The maximum atomic E-state index is 11.6. The molecule has 1 unspecified atom stereocenters. The summed E-state index contributed by atoms with van der Waals surface area (Å²) in [5, 5.41) is 3.01. The molecule has 0 radical (unpaired) electrons. The van der Waals surface area contributed by atoms with Gasteiger partial charge in [0.05, 0.1) is 0 Å². The summed E-state index contributed by atoms with van der Waals surface area (Å²) in [6, 6.07) is 3.13. The maximum absolute atomic E-state index is 11.6. The zero-order valence-corrected chi connectivity index (χ0v) is 11.9. The third-order valence-corrected chi connectivity index (χ3v) is 3.60. The second-order valence-corrected chi connectivity index (χ2v) is 6.88. The van der Waals surface area contributed by atoms with Crippen LogP contribution in [0.15, 0.2) is 23.2 Å². The van der Waals surface area contributed by atoms with Crippen molar-refractivity contribution in [1.82, 2.24) is 4.98 Å². The second kappa shape index (κ2) is 6.15. The molecule has 1 heterocycles. The smallest absolute Gasteiger partial charge is 0.179 e. The van der Waals surface area contributed by atoms with Crippen LogP contribution in [0, 0.1) is 5.92 Å². The van der Waals surface area contributed by atoms with Crippen LogP contribution in [0.4, 0.5) is 5.82 Å². The number of nitrogens with two attached hydrogens (primary N) is 1. The molecular weight excluding hydrogens is 250 g/mol. The van der Waals surface area contributed by atoms with Gasteiger partial charge in [-0.3, -0.25) is 0 Å². The van der Waals surface area contributed by atoms with Crippen molar-refractivity contribution in [2.24, 2.45) is 11.7 Å². The molecule has 1 aromatic heterocycles. The molecule has 102 valence electrons. The highest BCUT2D eigenvalue weighted by molar-refractivity contribution is 7.90. The molecule has 0 saturated carbocycles. The summed E-state index contributed by atoms with van der Waals surface area (Å²) in [7, 11) is -3.27. The molecule has 6 heteroatoms. The molecular formula is C12H21N3O2S. The van der Waals surface area contributed by atoms with Gasteiger partial charge in [-0.15, -0.1) is 0 Å². The largest absolute Gasteiger partial charge is 0.367 e. The number of nitrogens with zero attached hydrogens (tertiary/aromatic N) is 1. The van der Waals surface area contributed by atoms with E-state index in [4.69, 9.17) is 5.73 Å². The maximum Gasteiger partial charge on any atom is 0.179 e. The van der Waals surface area contributed by atoms with Crippen LogP contribution in [0.5, 0.6) is 0 Å². The molecule has 0 saturated heterocycles. The molecule has 0 fully saturated rings.